The first kappa shape index (κ1) is 13.9. The molecule has 110 valence electrons. The van der Waals surface area contributed by atoms with Crippen LogP contribution < -0.4 is 10.1 Å². The van der Waals surface area contributed by atoms with Crippen LogP contribution in [0.15, 0.2) is 24.3 Å². The summed E-state index contributed by atoms with van der Waals surface area (Å²) in [6, 6.07) is 9.10. The molecule has 4 atom stereocenters. The lowest BCUT2D eigenvalue weighted by Crippen LogP contribution is -2.18. The molecule has 20 heavy (non-hydrogen) atoms. The van der Waals surface area contributed by atoms with Crippen molar-refractivity contribution in [1.82, 2.24) is 5.32 Å². The highest BCUT2D eigenvalue weighted by atomic mass is 16.5. The Morgan fingerprint density at radius 3 is 2.55 bits per heavy atom. The van der Waals surface area contributed by atoms with Gasteiger partial charge in [0.05, 0.1) is 6.61 Å². The van der Waals surface area contributed by atoms with Crippen molar-refractivity contribution in [3.8, 4) is 5.75 Å². The van der Waals surface area contributed by atoms with Gasteiger partial charge in [-0.3, -0.25) is 0 Å². The smallest absolute Gasteiger partial charge is 0.119 e. The summed E-state index contributed by atoms with van der Waals surface area (Å²) in [5.41, 5.74) is 1.35. The van der Waals surface area contributed by atoms with Gasteiger partial charge in [0.1, 0.15) is 5.75 Å². The third kappa shape index (κ3) is 2.85. The number of benzene rings is 1. The highest BCUT2D eigenvalue weighted by Gasteiger charge is 2.39. The number of rotatable bonds is 6. The van der Waals surface area contributed by atoms with E-state index in [9.17, 15) is 0 Å². The lowest BCUT2D eigenvalue weighted by molar-refractivity contribution is 0.195. The molecule has 0 saturated heterocycles. The SMILES string of the molecule is CCC(NC)c1ccc(OCC2CC3CCC2C3)cc1. The summed E-state index contributed by atoms with van der Waals surface area (Å²) in [4.78, 5) is 0. The molecule has 2 aliphatic carbocycles. The van der Waals surface area contributed by atoms with E-state index in [1.165, 1.54) is 31.2 Å². The van der Waals surface area contributed by atoms with Gasteiger partial charge in [0.15, 0.2) is 0 Å². The molecule has 1 aromatic rings. The van der Waals surface area contributed by atoms with Gasteiger partial charge in [-0.05, 0) is 68.2 Å². The topological polar surface area (TPSA) is 21.3 Å². The van der Waals surface area contributed by atoms with Gasteiger partial charge >= 0.3 is 0 Å². The molecule has 0 radical (unpaired) electrons. The van der Waals surface area contributed by atoms with Crippen molar-refractivity contribution < 1.29 is 4.74 Å². The Morgan fingerprint density at radius 2 is 2.00 bits per heavy atom. The highest BCUT2D eigenvalue weighted by molar-refractivity contribution is 5.29. The van der Waals surface area contributed by atoms with E-state index >= 15 is 0 Å². The number of hydrogen-bond acceptors (Lipinski definition) is 2. The summed E-state index contributed by atoms with van der Waals surface area (Å²) < 4.78 is 6.02. The second-order valence-corrected chi connectivity index (χ2v) is 6.56. The molecular weight excluding hydrogens is 246 g/mol. The van der Waals surface area contributed by atoms with E-state index in [2.05, 4.69) is 36.5 Å². The van der Waals surface area contributed by atoms with E-state index in [1.807, 2.05) is 7.05 Å². The van der Waals surface area contributed by atoms with Crippen LogP contribution in [0.2, 0.25) is 0 Å². The van der Waals surface area contributed by atoms with Gasteiger partial charge in [-0.2, -0.15) is 0 Å². The Labute approximate surface area is 122 Å². The molecule has 2 fully saturated rings. The first-order valence-electron chi connectivity index (χ1n) is 8.20. The van der Waals surface area contributed by atoms with Gasteiger partial charge < -0.3 is 10.1 Å². The highest BCUT2D eigenvalue weighted by Crippen LogP contribution is 2.48. The van der Waals surface area contributed by atoms with Crippen LogP contribution in [-0.4, -0.2) is 13.7 Å². The van der Waals surface area contributed by atoms with E-state index in [-0.39, 0.29) is 0 Å². The average molecular weight is 273 g/mol. The Hall–Kier alpha value is -1.02. The Bertz CT molecular complexity index is 424. The summed E-state index contributed by atoms with van der Waals surface area (Å²) >= 11 is 0. The summed E-state index contributed by atoms with van der Waals surface area (Å²) in [5, 5.41) is 3.34. The van der Waals surface area contributed by atoms with Crippen molar-refractivity contribution in [2.45, 2.75) is 45.1 Å². The Balaban J connectivity index is 1.53. The minimum absolute atomic E-state index is 0.453. The maximum absolute atomic E-state index is 6.02. The van der Waals surface area contributed by atoms with Crippen LogP contribution in [0.4, 0.5) is 0 Å². The maximum Gasteiger partial charge on any atom is 0.119 e. The molecule has 2 nitrogen and oxygen atoms in total. The number of ether oxygens (including phenoxy) is 1. The predicted octanol–water partition coefficient (Wildman–Crippen LogP) is 4.17. The third-order valence-corrected chi connectivity index (χ3v) is 5.39. The van der Waals surface area contributed by atoms with Crippen LogP contribution in [0, 0.1) is 17.8 Å². The summed E-state index contributed by atoms with van der Waals surface area (Å²) in [6.07, 6.45) is 6.89. The molecule has 0 aromatic heterocycles. The van der Waals surface area contributed by atoms with Crippen LogP contribution in [0.5, 0.6) is 5.75 Å². The third-order valence-electron chi connectivity index (χ3n) is 5.39. The van der Waals surface area contributed by atoms with Crippen molar-refractivity contribution >= 4 is 0 Å². The summed E-state index contributed by atoms with van der Waals surface area (Å²) in [7, 11) is 2.02. The molecule has 4 unspecified atom stereocenters. The fraction of sp³-hybridized carbons (Fsp3) is 0.667. The predicted molar refractivity (Wildman–Crippen MR) is 83.0 cm³/mol. The van der Waals surface area contributed by atoms with Crippen molar-refractivity contribution in [3.05, 3.63) is 29.8 Å². The molecular formula is C18H27NO. The quantitative estimate of drug-likeness (QED) is 0.840. The van der Waals surface area contributed by atoms with Crippen LogP contribution >= 0.6 is 0 Å². The monoisotopic (exact) mass is 273 g/mol. The minimum Gasteiger partial charge on any atom is -0.493 e. The zero-order chi connectivity index (χ0) is 13.9. The van der Waals surface area contributed by atoms with Gasteiger partial charge in [-0.15, -0.1) is 0 Å². The molecule has 2 heteroatoms. The molecule has 1 aromatic carbocycles. The second kappa shape index (κ2) is 6.17. The number of fused-ring (bicyclic) bond motifs is 2. The van der Waals surface area contributed by atoms with Crippen LogP contribution in [-0.2, 0) is 0 Å². The van der Waals surface area contributed by atoms with Gasteiger partial charge in [-0.1, -0.05) is 25.5 Å². The fourth-order valence-electron chi connectivity index (χ4n) is 4.19. The molecule has 0 spiro atoms. The van der Waals surface area contributed by atoms with Crippen molar-refractivity contribution in [3.63, 3.8) is 0 Å². The standard InChI is InChI=1S/C18H27NO/c1-3-18(19-2)14-6-8-17(9-7-14)20-12-16-11-13-4-5-15(16)10-13/h6-9,13,15-16,18-19H,3-5,10-12H2,1-2H3. The first-order valence-corrected chi connectivity index (χ1v) is 8.20. The number of nitrogens with one attached hydrogen (secondary N) is 1. The zero-order valence-corrected chi connectivity index (χ0v) is 12.8. The summed E-state index contributed by atoms with van der Waals surface area (Å²) in [6.45, 7) is 3.13. The maximum atomic E-state index is 6.02. The molecule has 3 rings (SSSR count). The Morgan fingerprint density at radius 1 is 1.20 bits per heavy atom. The van der Waals surface area contributed by atoms with E-state index in [1.54, 1.807) is 0 Å². The van der Waals surface area contributed by atoms with E-state index < -0.39 is 0 Å². The zero-order valence-electron chi connectivity index (χ0n) is 12.8. The lowest BCUT2D eigenvalue weighted by Gasteiger charge is -2.22. The van der Waals surface area contributed by atoms with E-state index in [4.69, 9.17) is 4.74 Å². The molecule has 1 N–H and O–H groups in total. The molecule has 0 heterocycles. The second-order valence-electron chi connectivity index (χ2n) is 6.56. The molecule has 0 aliphatic heterocycles. The lowest BCUT2D eigenvalue weighted by atomic mass is 9.89. The normalized spacial score (nSPS) is 29.6. The number of hydrogen-bond donors (Lipinski definition) is 1. The van der Waals surface area contributed by atoms with Crippen LogP contribution in [0.3, 0.4) is 0 Å². The average Bonchev–Trinajstić information content (AvgIpc) is 3.10. The van der Waals surface area contributed by atoms with Gasteiger partial charge in [0.25, 0.3) is 0 Å². The molecule has 2 aliphatic rings. The van der Waals surface area contributed by atoms with Crippen LogP contribution in [0.1, 0.15) is 50.6 Å². The molecule has 2 bridgehead atoms. The van der Waals surface area contributed by atoms with E-state index in [0.29, 0.717) is 6.04 Å². The van der Waals surface area contributed by atoms with Gasteiger partial charge in [-0.25, -0.2) is 0 Å². The Kier molecular flexibility index (Phi) is 4.30. The molecule has 2 saturated carbocycles. The summed E-state index contributed by atoms with van der Waals surface area (Å²) in [5.74, 6) is 3.81. The van der Waals surface area contributed by atoms with Crippen molar-refractivity contribution in [2.75, 3.05) is 13.7 Å². The van der Waals surface area contributed by atoms with Gasteiger partial charge in [0, 0.05) is 6.04 Å². The van der Waals surface area contributed by atoms with Gasteiger partial charge in [0.2, 0.25) is 0 Å². The first-order chi connectivity index (χ1) is 9.80. The largest absolute Gasteiger partial charge is 0.493 e. The van der Waals surface area contributed by atoms with Crippen LogP contribution in [0.25, 0.3) is 0 Å². The molecule has 0 amide bonds. The van der Waals surface area contributed by atoms with Crippen molar-refractivity contribution in [2.24, 2.45) is 17.8 Å². The van der Waals surface area contributed by atoms with E-state index in [0.717, 1.165) is 36.5 Å². The van der Waals surface area contributed by atoms with Crippen molar-refractivity contribution in [1.29, 1.82) is 0 Å². The fourth-order valence-corrected chi connectivity index (χ4v) is 4.19. The minimum atomic E-state index is 0.453.